The first-order valence-electron chi connectivity index (χ1n) is 20.4. The van der Waals surface area contributed by atoms with Gasteiger partial charge in [0.1, 0.15) is 0 Å². The molecular weight excluding hydrogens is 817 g/mol. The smallest absolute Gasteiger partial charge is 0.303 e. The second kappa shape index (κ2) is 32.4. The van der Waals surface area contributed by atoms with E-state index in [1.165, 1.54) is 0 Å². The van der Waals surface area contributed by atoms with Gasteiger partial charge < -0.3 is 46.0 Å². The van der Waals surface area contributed by atoms with Crippen LogP contribution >= 0.6 is 23.7 Å². The molecule has 0 radical (unpaired) electrons. The van der Waals surface area contributed by atoms with E-state index >= 15 is 0 Å². The lowest BCUT2D eigenvalue weighted by Gasteiger charge is -2.28. The van der Waals surface area contributed by atoms with Gasteiger partial charge in [0.15, 0.2) is 0 Å². The first kappa shape index (κ1) is 53.7. The lowest BCUT2D eigenvalue weighted by Crippen LogP contribution is -2.37. The Labute approximate surface area is 345 Å². The lowest BCUT2D eigenvalue weighted by atomic mass is 10.2. The topological polar surface area (TPSA) is 287 Å². The van der Waals surface area contributed by atoms with Gasteiger partial charge in [-0.05, 0) is 38.5 Å². The van der Waals surface area contributed by atoms with Crippen LogP contribution in [0.1, 0.15) is 96.3 Å². The summed E-state index contributed by atoms with van der Waals surface area (Å²) in [6, 6.07) is 0. The minimum atomic E-state index is -3.77. The van der Waals surface area contributed by atoms with Gasteiger partial charge in [-0.25, -0.2) is 0 Å². The fourth-order valence-electron chi connectivity index (χ4n) is 6.01. The largest absolute Gasteiger partial charge is 0.481 e. The van der Waals surface area contributed by atoms with Crippen molar-refractivity contribution in [1.82, 2.24) is 30.7 Å². The second-order valence-corrected chi connectivity index (χ2v) is 20.6. The number of unbranched alkanes of at least 4 members (excludes halogenated alkanes) is 6. The number of carboxylic acid groups (broad SMARTS) is 3. The van der Waals surface area contributed by atoms with Crippen molar-refractivity contribution in [3.05, 3.63) is 0 Å². The number of aliphatic carboxylic acids is 3. The first-order valence-corrected chi connectivity index (χ1v) is 25.7. The maximum absolute atomic E-state index is 13.3. The molecule has 1 saturated heterocycles. The van der Waals surface area contributed by atoms with Gasteiger partial charge >= 0.3 is 17.9 Å². The van der Waals surface area contributed by atoms with E-state index < -0.39 is 41.6 Å². The maximum atomic E-state index is 13.3. The van der Waals surface area contributed by atoms with E-state index in [0.29, 0.717) is 129 Å². The Morgan fingerprint density at radius 3 is 1.16 bits per heavy atom. The van der Waals surface area contributed by atoms with Crippen LogP contribution in [-0.2, 0) is 33.3 Å². The summed E-state index contributed by atoms with van der Waals surface area (Å²) in [5, 5.41) is 34.6. The molecule has 22 heteroatoms. The van der Waals surface area contributed by atoms with Gasteiger partial charge in [-0.15, -0.1) is 0 Å². The second-order valence-electron chi connectivity index (χ2n) is 14.7. The number of carbonyl (C=O) groups excluding carboxylic acids is 3. The summed E-state index contributed by atoms with van der Waals surface area (Å²) in [6.45, 7) is 4.07. The quantitative estimate of drug-likeness (QED) is 0.0338. The molecule has 0 saturated carbocycles. The SMILES string of the molecule is O=C(O)CCCCCNC(=O)CCP(O)CN1CCN(CP(O)CCC(=O)NCCCCCC(=O)O)CCN(CP(=O)(O)CCC(=O)NCCCCCC(=O)O)CC1. The number of carboxylic acids is 3. The average molecular weight is 887 g/mol. The Hall–Kier alpha value is -2.33. The molecule has 1 aliphatic rings. The van der Waals surface area contributed by atoms with Crippen molar-refractivity contribution in [2.24, 2.45) is 0 Å². The average Bonchev–Trinajstić information content (AvgIpc) is 3.23. The molecule has 9 N–H and O–H groups in total. The first-order chi connectivity index (χ1) is 27.5. The summed E-state index contributed by atoms with van der Waals surface area (Å²) in [7, 11) is -6.87. The molecule has 3 amide bonds. The van der Waals surface area contributed by atoms with Gasteiger partial charge in [-0.1, -0.05) is 19.3 Å². The Morgan fingerprint density at radius 2 is 0.810 bits per heavy atom. The minimum Gasteiger partial charge on any atom is -0.481 e. The van der Waals surface area contributed by atoms with E-state index in [2.05, 4.69) is 16.0 Å². The van der Waals surface area contributed by atoms with Crippen LogP contribution in [0.4, 0.5) is 0 Å². The standard InChI is InChI=1S/C36H69N6O13P3/c43-31(37-16-7-1-4-10-34(46)47)13-25-56(52)28-40-19-20-41(29-57(53)26-14-32(44)38-17-8-2-5-11-35(48)49)22-24-42(23-21-40)30-58(54,55)27-15-33(45)39-18-9-3-6-12-36(50)51/h52-53H,1-30H2,(H,37,43)(H,38,44)(H,39,45)(H,46,47)(H,48,49)(H,50,51)(H,54,55). The van der Waals surface area contributed by atoms with E-state index in [4.69, 9.17) is 15.3 Å². The molecule has 0 bridgehead atoms. The number of amides is 3. The molecule has 1 aliphatic heterocycles. The van der Waals surface area contributed by atoms with Crippen LogP contribution in [0.2, 0.25) is 0 Å². The van der Waals surface area contributed by atoms with Crippen LogP contribution in [0.3, 0.4) is 0 Å². The van der Waals surface area contributed by atoms with Crippen LogP contribution < -0.4 is 16.0 Å². The minimum absolute atomic E-state index is 0.0654. The molecule has 336 valence electrons. The van der Waals surface area contributed by atoms with Crippen LogP contribution in [-0.4, -0.2) is 177 Å². The van der Waals surface area contributed by atoms with Crippen LogP contribution in [0.15, 0.2) is 0 Å². The number of carbonyl (C=O) groups is 6. The van der Waals surface area contributed by atoms with Crippen molar-refractivity contribution in [1.29, 1.82) is 0 Å². The van der Waals surface area contributed by atoms with Crippen LogP contribution in [0.25, 0.3) is 0 Å². The Kier molecular flexibility index (Phi) is 30.0. The van der Waals surface area contributed by atoms with Crippen LogP contribution in [0.5, 0.6) is 0 Å². The highest BCUT2D eigenvalue weighted by atomic mass is 31.2. The molecular formula is C36H69N6O13P3. The molecule has 1 fully saturated rings. The highest BCUT2D eigenvalue weighted by Gasteiger charge is 2.27. The number of hydrogen-bond donors (Lipinski definition) is 9. The van der Waals surface area contributed by atoms with Gasteiger partial charge in [0.25, 0.3) is 0 Å². The number of nitrogens with zero attached hydrogens (tertiary/aromatic N) is 3. The van der Waals surface area contributed by atoms with Gasteiger partial charge in [-0.2, -0.15) is 0 Å². The molecule has 3 unspecified atom stereocenters. The fraction of sp³-hybridized carbons (Fsp3) is 0.833. The molecule has 1 rings (SSSR count). The Morgan fingerprint density at radius 1 is 0.483 bits per heavy atom. The molecule has 0 spiro atoms. The summed E-state index contributed by atoms with van der Waals surface area (Å²) < 4.78 is 13.3. The highest BCUT2D eigenvalue weighted by Crippen LogP contribution is 2.42. The van der Waals surface area contributed by atoms with E-state index in [0.717, 1.165) is 0 Å². The van der Waals surface area contributed by atoms with Crippen molar-refractivity contribution >= 4 is 59.3 Å². The summed E-state index contributed by atoms with van der Waals surface area (Å²) >= 11 is 0. The molecule has 58 heavy (non-hydrogen) atoms. The Bertz CT molecular complexity index is 1230. The fourth-order valence-corrected chi connectivity index (χ4v) is 10.3. The summed E-state index contributed by atoms with van der Waals surface area (Å²) in [5.74, 6) is -3.30. The predicted molar refractivity (Wildman–Crippen MR) is 223 cm³/mol. The molecule has 0 aromatic heterocycles. The van der Waals surface area contributed by atoms with E-state index in [1.807, 2.05) is 14.7 Å². The van der Waals surface area contributed by atoms with E-state index in [1.54, 1.807) is 0 Å². The van der Waals surface area contributed by atoms with Gasteiger partial charge in [0.2, 0.25) is 25.1 Å². The van der Waals surface area contributed by atoms with Crippen molar-refractivity contribution in [3.8, 4) is 0 Å². The lowest BCUT2D eigenvalue weighted by molar-refractivity contribution is -0.138. The van der Waals surface area contributed by atoms with E-state index in [9.17, 15) is 48.0 Å². The predicted octanol–water partition coefficient (Wildman–Crippen LogP) is 2.28. The van der Waals surface area contributed by atoms with Gasteiger partial charge in [-0.3, -0.25) is 48.0 Å². The number of nitrogens with one attached hydrogen (secondary N) is 3. The van der Waals surface area contributed by atoms with Gasteiger partial charge in [0.05, 0.1) is 6.29 Å². The van der Waals surface area contributed by atoms with Crippen molar-refractivity contribution in [2.45, 2.75) is 96.3 Å². The van der Waals surface area contributed by atoms with Gasteiger partial charge in [0, 0.05) is 145 Å². The third-order valence-electron chi connectivity index (χ3n) is 9.40. The van der Waals surface area contributed by atoms with Crippen LogP contribution in [0, 0.1) is 0 Å². The third-order valence-corrected chi connectivity index (χ3v) is 14.1. The van der Waals surface area contributed by atoms with E-state index in [-0.39, 0.29) is 81.0 Å². The zero-order valence-corrected chi connectivity index (χ0v) is 36.6. The molecule has 1 heterocycles. The molecule has 0 aromatic rings. The van der Waals surface area contributed by atoms with Crippen molar-refractivity contribution in [2.75, 3.05) is 96.2 Å². The molecule has 3 atom stereocenters. The molecule has 0 aromatic carbocycles. The zero-order chi connectivity index (χ0) is 43.2. The third kappa shape index (κ3) is 31.6. The Balaban J connectivity index is 2.74. The highest BCUT2D eigenvalue weighted by molar-refractivity contribution is 7.57. The summed E-state index contributed by atoms with van der Waals surface area (Å²) in [5.41, 5.74) is 0. The number of hydrogen-bond acceptors (Lipinski definition) is 12. The molecule has 0 aliphatic carbocycles. The maximum Gasteiger partial charge on any atom is 0.303 e. The van der Waals surface area contributed by atoms with Crippen molar-refractivity contribution < 1.29 is 63.3 Å². The van der Waals surface area contributed by atoms with Crippen molar-refractivity contribution in [3.63, 3.8) is 0 Å². The monoisotopic (exact) mass is 886 g/mol. The number of rotatable bonds is 33. The normalized spacial score (nSPS) is 16.5. The summed E-state index contributed by atoms with van der Waals surface area (Å²) in [6.07, 6.45) is 6.81. The molecule has 19 nitrogen and oxygen atoms in total. The zero-order valence-electron chi connectivity index (χ0n) is 33.9. The summed E-state index contributed by atoms with van der Waals surface area (Å²) in [4.78, 5) is 108.